The fourth-order valence-electron chi connectivity index (χ4n) is 4.43. The van der Waals surface area contributed by atoms with E-state index >= 15 is 0 Å². The fraction of sp³-hybridized carbons (Fsp3) is 0.440. The second-order valence-corrected chi connectivity index (χ2v) is 10.8. The highest BCUT2D eigenvalue weighted by molar-refractivity contribution is 7.89. The summed E-state index contributed by atoms with van der Waals surface area (Å²) in [7, 11) is -3.58. The Morgan fingerprint density at radius 1 is 1.03 bits per heavy atom. The Hall–Kier alpha value is -2.78. The molecule has 1 aliphatic heterocycles. The van der Waals surface area contributed by atoms with Crippen LogP contribution in [0, 0.1) is 11.7 Å². The summed E-state index contributed by atoms with van der Waals surface area (Å²) in [4.78, 5) is 29.6. The number of hydrogen-bond donors (Lipinski definition) is 0. The van der Waals surface area contributed by atoms with Crippen LogP contribution in [-0.4, -0.2) is 55.1 Å². The fourth-order valence-corrected chi connectivity index (χ4v) is 5.89. The molecule has 0 radical (unpaired) electrons. The number of benzene rings is 2. The molecule has 1 aliphatic carbocycles. The van der Waals surface area contributed by atoms with E-state index in [0.29, 0.717) is 25.3 Å². The largest absolute Gasteiger partial charge is 0.335 e. The molecular weight excluding hydrogens is 457 g/mol. The van der Waals surface area contributed by atoms with E-state index in [2.05, 4.69) is 0 Å². The number of carbonyl (C=O) groups is 2. The zero-order valence-corrected chi connectivity index (χ0v) is 20.3. The lowest BCUT2D eigenvalue weighted by Gasteiger charge is -2.26. The van der Waals surface area contributed by atoms with Crippen LogP contribution in [0.2, 0.25) is 0 Å². The molecule has 7 nitrogen and oxygen atoms in total. The van der Waals surface area contributed by atoms with Gasteiger partial charge in [0.25, 0.3) is 0 Å². The predicted octanol–water partition coefficient (Wildman–Crippen LogP) is 3.40. The Labute approximate surface area is 200 Å². The van der Waals surface area contributed by atoms with Gasteiger partial charge in [0.05, 0.1) is 10.8 Å². The van der Waals surface area contributed by atoms with Crippen LogP contribution in [-0.2, 0) is 26.2 Å². The summed E-state index contributed by atoms with van der Waals surface area (Å²) < 4.78 is 40.1. The molecular formula is C25H30FN3O4S. The Morgan fingerprint density at radius 3 is 2.21 bits per heavy atom. The quantitative estimate of drug-likeness (QED) is 0.543. The number of carbonyl (C=O) groups excluding carboxylic acids is 2. The number of anilines is 1. The van der Waals surface area contributed by atoms with Crippen molar-refractivity contribution >= 4 is 27.5 Å². The summed E-state index contributed by atoms with van der Waals surface area (Å²) in [6, 6.07) is 12.6. The normalized spacial score (nSPS) is 18.5. The van der Waals surface area contributed by atoms with Crippen LogP contribution in [0.15, 0.2) is 53.4 Å². The van der Waals surface area contributed by atoms with E-state index in [9.17, 15) is 22.4 Å². The number of nitrogens with zero attached hydrogens (tertiary/aromatic N) is 3. The minimum Gasteiger partial charge on any atom is -0.335 e. The van der Waals surface area contributed by atoms with E-state index < -0.39 is 15.9 Å². The van der Waals surface area contributed by atoms with Crippen LogP contribution in [0.4, 0.5) is 10.1 Å². The molecule has 34 heavy (non-hydrogen) atoms. The van der Waals surface area contributed by atoms with E-state index in [1.807, 2.05) is 4.90 Å². The second kappa shape index (κ2) is 9.84. The van der Waals surface area contributed by atoms with Gasteiger partial charge in [-0.25, -0.2) is 12.8 Å². The Morgan fingerprint density at radius 2 is 1.65 bits per heavy atom. The first-order valence-electron chi connectivity index (χ1n) is 11.7. The van der Waals surface area contributed by atoms with Crippen LogP contribution in [0.5, 0.6) is 0 Å². The van der Waals surface area contributed by atoms with E-state index in [1.165, 1.54) is 28.6 Å². The molecule has 1 saturated carbocycles. The van der Waals surface area contributed by atoms with Gasteiger partial charge in [-0.1, -0.05) is 26.0 Å². The molecule has 2 fully saturated rings. The number of hydrogen-bond acceptors (Lipinski definition) is 4. The average Bonchev–Trinajstić information content (AvgIpc) is 3.60. The lowest BCUT2D eigenvalue weighted by molar-refractivity contribution is -0.137. The van der Waals surface area contributed by atoms with Crippen LogP contribution in [0.25, 0.3) is 0 Å². The average molecular weight is 488 g/mol. The van der Waals surface area contributed by atoms with Crippen LogP contribution in [0.3, 0.4) is 0 Å². The number of halogens is 1. The van der Waals surface area contributed by atoms with Crippen molar-refractivity contribution in [1.29, 1.82) is 0 Å². The first kappa shape index (κ1) is 24.3. The number of sulfonamides is 1. The molecule has 0 bridgehead atoms. The summed E-state index contributed by atoms with van der Waals surface area (Å²) in [6.45, 7) is 4.99. The van der Waals surface area contributed by atoms with Crippen LogP contribution < -0.4 is 4.90 Å². The minimum absolute atomic E-state index is 0.0663. The van der Waals surface area contributed by atoms with Gasteiger partial charge < -0.3 is 9.80 Å². The van der Waals surface area contributed by atoms with E-state index in [4.69, 9.17) is 0 Å². The topological polar surface area (TPSA) is 78.0 Å². The van der Waals surface area contributed by atoms with Crippen molar-refractivity contribution in [2.45, 2.75) is 50.6 Å². The van der Waals surface area contributed by atoms with Gasteiger partial charge >= 0.3 is 0 Å². The van der Waals surface area contributed by atoms with Crippen molar-refractivity contribution in [2.75, 3.05) is 24.5 Å². The Bertz CT molecular complexity index is 1140. The van der Waals surface area contributed by atoms with Gasteiger partial charge in [-0.2, -0.15) is 4.31 Å². The van der Waals surface area contributed by atoms with Gasteiger partial charge in [0.15, 0.2) is 0 Å². The molecule has 1 atom stereocenters. The molecule has 0 spiro atoms. The van der Waals surface area contributed by atoms with Crippen LogP contribution in [0.1, 0.15) is 38.7 Å². The molecule has 1 heterocycles. The van der Waals surface area contributed by atoms with Gasteiger partial charge in [-0.15, -0.1) is 0 Å². The molecule has 2 aliphatic rings. The van der Waals surface area contributed by atoms with E-state index in [0.717, 1.165) is 18.4 Å². The molecule has 2 aromatic rings. The molecule has 4 rings (SSSR count). The SMILES string of the molecule is CCN(CC)S(=O)(=O)c1ccc(N2C[C@H](C(=O)N(Cc3ccc(F)cc3)C3CC3)CC2=O)cc1. The van der Waals surface area contributed by atoms with Crippen molar-refractivity contribution in [3.63, 3.8) is 0 Å². The first-order chi connectivity index (χ1) is 16.2. The summed E-state index contributed by atoms with van der Waals surface area (Å²) in [5.41, 5.74) is 1.43. The van der Waals surface area contributed by atoms with Gasteiger partial charge in [0.2, 0.25) is 21.8 Å². The van der Waals surface area contributed by atoms with Crippen molar-refractivity contribution in [2.24, 2.45) is 5.92 Å². The highest BCUT2D eigenvalue weighted by Crippen LogP contribution is 2.33. The van der Waals surface area contributed by atoms with Gasteiger partial charge in [-0.05, 0) is 54.8 Å². The molecule has 0 unspecified atom stereocenters. The highest BCUT2D eigenvalue weighted by Gasteiger charge is 2.41. The van der Waals surface area contributed by atoms with Gasteiger partial charge in [-0.3, -0.25) is 9.59 Å². The molecule has 2 aromatic carbocycles. The van der Waals surface area contributed by atoms with Crippen molar-refractivity contribution in [3.8, 4) is 0 Å². The van der Waals surface area contributed by atoms with E-state index in [1.54, 1.807) is 43.0 Å². The zero-order valence-electron chi connectivity index (χ0n) is 19.5. The van der Waals surface area contributed by atoms with Crippen LogP contribution >= 0.6 is 0 Å². The van der Waals surface area contributed by atoms with Gasteiger partial charge in [0.1, 0.15) is 5.82 Å². The third kappa shape index (κ3) is 5.00. The first-order valence-corrected chi connectivity index (χ1v) is 13.1. The summed E-state index contributed by atoms with van der Waals surface area (Å²) in [5, 5.41) is 0. The van der Waals surface area contributed by atoms with Crippen molar-refractivity contribution < 1.29 is 22.4 Å². The Balaban J connectivity index is 1.47. The zero-order chi connectivity index (χ0) is 24.5. The third-order valence-corrected chi connectivity index (χ3v) is 8.57. The molecule has 9 heteroatoms. The number of rotatable bonds is 9. The summed E-state index contributed by atoms with van der Waals surface area (Å²) in [5.74, 6) is -1.01. The maximum atomic E-state index is 13.3. The maximum Gasteiger partial charge on any atom is 0.243 e. The molecule has 182 valence electrons. The number of amides is 2. The summed E-state index contributed by atoms with van der Waals surface area (Å²) >= 11 is 0. The van der Waals surface area contributed by atoms with E-state index in [-0.39, 0.29) is 41.5 Å². The highest BCUT2D eigenvalue weighted by atomic mass is 32.2. The van der Waals surface area contributed by atoms with Crippen molar-refractivity contribution in [3.05, 3.63) is 59.9 Å². The second-order valence-electron chi connectivity index (χ2n) is 8.81. The standard InChI is InChI=1S/C25H30FN3O4S/c1-3-27(4-2)34(32,33)23-13-11-21(12-14-23)28-17-19(15-24(28)30)25(31)29(22-9-10-22)16-18-5-7-20(26)8-6-18/h5-8,11-14,19,22H,3-4,9-10,15-17H2,1-2H3/t19-/m1/s1. The summed E-state index contributed by atoms with van der Waals surface area (Å²) in [6.07, 6.45) is 1.98. The minimum atomic E-state index is -3.58. The van der Waals surface area contributed by atoms with Crippen molar-refractivity contribution in [1.82, 2.24) is 9.21 Å². The monoisotopic (exact) mass is 487 g/mol. The Kier molecular flexibility index (Phi) is 7.04. The lowest BCUT2D eigenvalue weighted by Crippen LogP contribution is -2.38. The smallest absolute Gasteiger partial charge is 0.243 e. The lowest BCUT2D eigenvalue weighted by atomic mass is 10.1. The molecule has 0 N–H and O–H groups in total. The third-order valence-electron chi connectivity index (χ3n) is 6.50. The predicted molar refractivity (Wildman–Crippen MR) is 127 cm³/mol. The molecule has 0 aromatic heterocycles. The molecule has 1 saturated heterocycles. The molecule has 2 amide bonds. The van der Waals surface area contributed by atoms with Gasteiger partial charge in [0, 0.05) is 44.3 Å². The maximum absolute atomic E-state index is 13.3.